The van der Waals surface area contributed by atoms with Crippen molar-refractivity contribution in [1.82, 2.24) is 9.55 Å². The fraction of sp³-hybridized carbons (Fsp3) is 0.286. The fourth-order valence-corrected chi connectivity index (χ4v) is 4.08. The second-order valence-corrected chi connectivity index (χ2v) is 8.67. The van der Waals surface area contributed by atoms with Gasteiger partial charge >= 0.3 is 5.97 Å². The number of hydrogen-bond acceptors (Lipinski definition) is 4. The standard InChI is InChI=1S/C28H30N2O4/c1-20(17-27(31)32)7-5-15-34-26-9-4-3-8-24(26)19-30-21(2)18-29-28(30)23-13-11-22(12-14-23)25-10-6-16-33-25/h3-4,6,8-14,16,18,20H,5,7,15,17,19H2,1-2H3,(H,31,32)/t20-/m1/s1. The monoisotopic (exact) mass is 458 g/mol. The summed E-state index contributed by atoms with van der Waals surface area (Å²) in [6.45, 7) is 5.23. The number of aromatic nitrogens is 2. The van der Waals surface area contributed by atoms with Crippen LogP contribution in [0.5, 0.6) is 5.75 Å². The molecule has 0 saturated carbocycles. The van der Waals surface area contributed by atoms with Gasteiger partial charge in [-0.05, 0) is 43.9 Å². The quantitative estimate of drug-likeness (QED) is 0.262. The second kappa shape index (κ2) is 10.9. The van der Waals surface area contributed by atoms with Crippen molar-refractivity contribution in [2.45, 2.75) is 39.7 Å². The molecule has 1 atom stereocenters. The molecule has 1 N–H and O–H groups in total. The number of nitrogens with zero attached hydrogens (tertiary/aromatic N) is 2. The number of aryl methyl sites for hydroxylation is 1. The molecule has 0 aliphatic carbocycles. The average molecular weight is 459 g/mol. The van der Waals surface area contributed by atoms with Gasteiger partial charge in [0.05, 0.1) is 19.4 Å². The summed E-state index contributed by atoms with van der Waals surface area (Å²) in [6, 6.07) is 20.1. The minimum absolute atomic E-state index is 0.145. The van der Waals surface area contributed by atoms with Crippen LogP contribution in [-0.2, 0) is 11.3 Å². The van der Waals surface area contributed by atoms with Gasteiger partial charge in [-0.25, -0.2) is 4.98 Å². The summed E-state index contributed by atoms with van der Waals surface area (Å²) in [5.74, 6) is 1.99. The van der Waals surface area contributed by atoms with Crippen LogP contribution in [-0.4, -0.2) is 27.2 Å². The van der Waals surface area contributed by atoms with E-state index in [1.165, 1.54) is 0 Å². The van der Waals surface area contributed by atoms with Crippen molar-refractivity contribution in [3.63, 3.8) is 0 Å². The van der Waals surface area contributed by atoms with Crippen molar-refractivity contribution >= 4 is 5.97 Å². The Kier molecular flexibility index (Phi) is 7.48. The minimum Gasteiger partial charge on any atom is -0.493 e. The van der Waals surface area contributed by atoms with Crippen LogP contribution < -0.4 is 4.74 Å². The molecule has 0 saturated heterocycles. The topological polar surface area (TPSA) is 77.5 Å². The lowest BCUT2D eigenvalue weighted by molar-refractivity contribution is -0.138. The van der Waals surface area contributed by atoms with Crippen molar-refractivity contribution < 1.29 is 19.1 Å². The molecule has 2 aromatic carbocycles. The molecule has 0 aliphatic rings. The SMILES string of the molecule is Cc1cnc(-c2ccc(-c3ccco3)cc2)n1Cc1ccccc1OCCC[C@@H](C)CC(=O)O. The summed E-state index contributed by atoms with van der Waals surface area (Å²) in [7, 11) is 0. The third-order valence-corrected chi connectivity index (χ3v) is 5.93. The highest BCUT2D eigenvalue weighted by molar-refractivity contribution is 5.67. The zero-order valence-corrected chi connectivity index (χ0v) is 19.6. The van der Waals surface area contributed by atoms with Gasteiger partial charge in [0.2, 0.25) is 0 Å². The molecular formula is C28H30N2O4. The molecule has 4 rings (SSSR count). The Hall–Kier alpha value is -3.80. The predicted molar refractivity (Wildman–Crippen MR) is 132 cm³/mol. The summed E-state index contributed by atoms with van der Waals surface area (Å²) in [6.07, 6.45) is 5.41. The van der Waals surface area contributed by atoms with E-state index in [9.17, 15) is 4.79 Å². The fourth-order valence-electron chi connectivity index (χ4n) is 4.08. The Morgan fingerprint density at radius 3 is 2.59 bits per heavy atom. The number of aliphatic carboxylic acids is 1. The molecular weight excluding hydrogens is 428 g/mol. The molecule has 34 heavy (non-hydrogen) atoms. The summed E-state index contributed by atoms with van der Waals surface area (Å²) >= 11 is 0. The Morgan fingerprint density at radius 2 is 1.85 bits per heavy atom. The van der Waals surface area contributed by atoms with Crippen molar-refractivity contribution in [3.05, 3.63) is 84.4 Å². The van der Waals surface area contributed by atoms with E-state index < -0.39 is 5.97 Å². The summed E-state index contributed by atoms with van der Waals surface area (Å²) in [5.41, 5.74) is 4.22. The van der Waals surface area contributed by atoms with Gasteiger partial charge < -0.3 is 18.8 Å². The molecule has 0 radical (unpaired) electrons. The van der Waals surface area contributed by atoms with Gasteiger partial charge in [0.25, 0.3) is 0 Å². The maximum absolute atomic E-state index is 10.8. The van der Waals surface area contributed by atoms with Gasteiger partial charge in [0.15, 0.2) is 0 Å². The Labute approximate surface area is 199 Å². The number of carbonyl (C=O) groups is 1. The van der Waals surface area contributed by atoms with E-state index in [1.807, 2.05) is 55.6 Å². The lowest BCUT2D eigenvalue weighted by atomic mass is 10.0. The number of carboxylic acids is 1. The van der Waals surface area contributed by atoms with Crippen molar-refractivity contribution in [3.8, 4) is 28.5 Å². The van der Waals surface area contributed by atoms with Crippen LogP contribution in [0.2, 0.25) is 0 Å². The molecule has 2 aromatic heterocycles. The van der Waals surface area contributed by atoms with Crippen LogP contribution in [0.1, 0.15) is 37.4 Å². The highest BCUT2D eigenvalue weighted by Gasteiger charge is 2.13. The Bertz CT molecular complexity index is 1210. The highest BCUT2D eigenvalue weighted by Crippen LogP contribution is 2.27. The first-order chi connectivity index (χ1) is 16.5. The van der Waals surface area contributed by atoms with E-state index in [0.717, 1.165) is 52.6 Å². The lowest BCUT2D eigenvalue weighted by Crippen LogP contribution is -2.09. The van der Waals surface area contributed by atoms with E-state index in [0.29, 0.717) is 13.2 Å². The number of carboxylic acid groups (broad SMARTS) is 1. The van der Waals surface area contributed by atoms with Crippen molar-refractivity contribution in [1.29, 1.82) is 0 Å². The molecule has 0 aliphatic heterocycles. The first-order valence-corrected chi connectivity index (χ1v) is 11.6. The molecule has 4 aromatic rings. The van der Waals surface area contributed by atoms with Crippen LogP contribution in [0.3, 0.4) is 0 Å². The first kappa shape index (κ1) is 23.4. The summed E-state index contributed by atoms with van der Waals surface area (Å²) < 4.78 is 13.8. The van der Waals surface area contributed by atoms with E-state index in [1.54, 1.807) is 6.26 Å². The second-order valence-electron chi connectivity index (χ2n) is 8.67. The van der Waals surface area contributed by atoms with Crippen LogP contribution in [0.15, 0.2) is 77.5 Å². The lowest BCUT2D eigenvalue weighted by Gasteiger charge is -2.15. The van der Waals surface area contributed by atoms with Gasteiger partial charge in [-0.15, -0.1) is 0 Å². The molecule has 0 bridgehead atoms. The third-order valence-electron chi connectivity index (χ3n) is 5.93. The van der Waals surface area contributed by atoms with E-state index in [-0.39, 0.29) is 12.3 Å². The largest absolute Gasteiger partial charge is 0.493 e. The third kappa shape index (κ3) is 5.76. The number of imidazole rings is 1. The van der Waals surface area contributed by atoms with Crippen LogP contribution >= 0.6 is 0 Å². The van der Waals surface area contributed by atoms with Gasteiger partial charge in [0.1, 0.15) is 17.3 Å². The number of ether oxygens (including phenoxy) is 1. The number of hydrogen-bond donors (Lipinski definition) is 1. The normalized spacial score (nSPS) is 11.9. The van der Waals surface area contributed by atoms with E-state index in [2.05, 4.69) is 34.7 Å². The molecule has 0 amide bonds. The molecule has 2 heterocycles. The minimum atomic E-state index is -0.749. The number of furan rings is 1. The summed E-state index contributed by atoms with van der Waals surface area (Å²) in [4.78, 5) is 15.5. The smallest absolute Gasteiger partial charge is 0.303 e. The van der Waals surface area contributed by atoms with Crippen LogP contribution in [0.25, 0.3) is 22.7 Å². The van der Waals surface area contributed by atoms with Crippen molar-refractivity contribution in [2.75, 3.05) is 6.61 Å². The number of para-hydroxylation sites is 1. The predicted octanol–water partition coefficient (Wildman–Crippen LogP) is 6.44. The number of rotatable bonds is 11. The molecule has 176 valence electrons. The maximum atomic E-state index is 10.8. The van der Waals surface area contributed by atoms with Gasteiger partial charge in [-0.1, -0.05) is 49.4 Å². The number of benzene rings is 2. The summed E-state index contributed by atoms with van der Waals surface area (Å²) in [5, 5.41) is 8.92. The molecule has 0 unspecified atom stereocenters. The molecule has 0 spiro atoms. The van der Waals surface area contributed by atoms with E-state index in [4.69, 9.17) is 14.3 Å². The van der Waals surface area contributed by atoms with Crippen molar-refractivity contribution in [2.24, 2.45) is 5.92 Å². The molecule has 6 nitrogen and oxygen atoms in total. The molecule has 0 fully saturated rings. The van der Waals surface area contributed by atoms with Crippen LogP contribution in [0, 0.1) is 12.8 Å². The Morgan fingerprint density at radius 1 is 1.09 bits per heavy atom. The zero-order valence-electron chi connectivity index (χ0n) is 19.6. The van der Waals surface area contributed by atoms with Gasteiger partial charge in [-0.3, -0.25) is 4.79 Å². The van der Waals surface area contributed by atoms with Gasteiger partial charge in [-0.2, -0.15) is 0 Å². The van der Waals surface area contributed by atoms with Gasteiger partial charge in [0, 0.05) is 35.0 Å². The maximum Gasteiger partial charge on any atom is 0.303 e. The average Bonchev–Trinajstić information content (AvgIpc) is 3.48. The Balaban J connectivity index is 1.46. The molecule has 6 heteroatoms. The van der Waals surface area contributed by atoms with Crippen LogP contribution in [0.4, 0.5) is 0 Å². The first-order valence-electron chi connectivity index (χ1n) is 11.6. The van der Waals surface area contributed by atoms with E-state index >= 15 is 0 Å². The zero-order chi connectivity index (χ0) is 23.9. The highest BCUT2D eigenvalue weighted by atomic mass is 16.5.